The molecule has 0 radical (unpaired) electrons. The monoisotopic (exact) mass is 368 g/mol. The van der Waals surface area contributed by atoms with Crippen molar-refractivity contribution in [1.29, 1.82) is 0 Å². The van der Waals surface area contributed by atoms with E-state index in [9.17, 15) is 14.4 Å². The van der Waals surface area contributed by atoms with Crippen LogP contribution in [0.25, 0.3) is 11.0 Å². The summed E-state index contributed by atoms with van der Waals surface area (Å²) in [7, 11) is 1.84. The Kier molecular flexibility index (Phi) is 4.45. The number of hydrogen-bond donors (Lipinski definition) is 1. The van der Waals surface area contributed by atoms with Crippen LogP contribution in [-0.4, -0.2) is 58.3 Å². The Morgan fingerprint density at radius 2 is 2.04 bits per heavy atom. The van der Waals surface area contributed by atoms with Gasteiger partial charge in [0.25, 0.3) is 5.56 Å². The van der Waals surface area contributed by atoms with E-state index >= 15 is 0 Å². The number of carbonyl (C=O) groups is 2. The van der Waals surface area contributed by atoms with Gasteiger partial charge >= 0.3 is 0 Å². The van der Waals surface area contributed by atoms with Crippen molar-refractivity contribution < 1.29 is 9.59 Å². The normalized spacial score (nSPS) is 22.8. The third-order valence-electron chi connectivity index (χ3n) is 5.90. The first-order valence-corrected chi connectivity index (χ1v) is 9.50. The summed E-state index contributed by atoms with van der Waals surface area (Å²) in [5.74, 6) is 0.152. The number of carbonyl (C=O) groups excluding carboxylic acids is 2. The second-order valence-corrected chi connectivity index (χ2v) is 7.71. The molecule has 1 atom stereocenters. The molecule has 1 aromatic carbocycles. The van der Waals surface area contributed by atoms with Gasteiger partial charge < -0.3 is 14.8 Å². The molecule has 0 bridgehead atoms. The van der Waals surface area contributed by atoms with Gasteiger partial charge in [-0.2, -0.15) is 0 Å². The molecular formula is C20H24N4O3. The molecule has 3 heterocycles. The minimum absolute atomic E-state index is 0.0118. The summed E-state index contributed by atoms with van der Waals surface area (Å²) in [6, 6.07) is 7.35. The van der Waals surface area contributed by atoms with E-state index in [0.29, 0.717) is 30.7 Å². The highest BCUT2D eigenvalue weighted by molar-refractivity contribution is 5.86. The van der Waals surface area contributed by atoms with Crippen LogP contribution >= 0.6 is 0 Å². The first kappa shape index (κ1) is 17.7. The quantitative estimate of drug-likeness (QED) is 0.885. The fourth-order valence-electron chi connectivity index (χ4n) is 4.35. The standard InChI is InChI=1S/C20H24N4O3/c1-23-11-4-9-20(19(23)27)10-12-24(13-20)17(25)8-7-16-18(26)22-15-6-3-2-5-14(15)21-16/h2-3,5-6H,4,7-13H2,1H3,(H,22,26)/t20-/m0/s1. The Hall–Kier alpha value is -2.70. The highest BCUT2D eigenvalue weighted by Crippen LogP contribution is 2.39. The van der Waals surface area contributed by atoms with Crippen LogP contribution in [0.2, 0.25) is 0 Å². The molecule has 0 saturated carbocycles. The lowest BCUT2D eigenvalue weighted by Crippen LogP contribution is -2.48. The number of H-pyrrole nitrogens is 1. The fraction of sp³-hybridized carbons (Fsp3) is 0.500. The van der Waals surface area contributed by atoms with Crippen molar-refractivity contribution in [2.45, 2.75) is 32.1 Å². The highest BCUT2D eigenvalue weighted by Gasteiger charge is 2.48. The van der Waals surface area contributed by atoms with Gasteiger partial charge in [0.1, 0.15) is 5.69 Å². The molecule has 142 valence electrons. The second kappa shape index (κ2) is 6.79. The van der Waals surface area contributed by atoms with Crippen molar-refractivity contribution in [2.75, 3.05) is 26.7 Å². The topological polar surface area (TPSA) is 86.4 Å². The summed E-state index contributed by atoms with van der Waals surface area (Å²) >= 11 is 0. The molecule has 7 nitrogen and oxygen atoms in total. The van der Waals surface area contributed by atoms with Gasteiger partial charge in [-0.05, 0) is 31.4 Å². The maximum Gasteiger partial charge on any atom is 0.270 e. The summed E-state index contributed by atoms with van der Waals surface area (Å²) in [5, 5.41) is 0. The van der Waals surface area contributed by atoms with E-state index in [1.807, 2.05) is 25.2 Å². The lowest BCUT2D eigenvalue weighted by Gasteiger charge is -2.37. The number of piperidine rings is 1. The van der Waals surface area contributed by atoms with E-state index in [0.717, 1.165) is 31.3 Å². The maximum absolute atomic E-state index is 12.7. The lowest BCUT2D eigenvalue weighted by atomic mass is 9.78. The molecule has 1 aromatic heterocycles. The number of aryl methyl sites for hydroxylation is 1. The second-order valence-electron chi connectivity index (χ2n) is 7.71. The predicted molar refractivity (Wildman–Crippen MR) is 101 cm³/mol. The van der Waals surface area contributed by atoms with E-state index in [-0.39, 0.29) is 23.8 Å². The van der Waals surface area contributed by atoms with E-state index in [4.69, 9.17) is 0 Å². The molecule has 27 heavy (non-hydrogen) atoms. The number of amides is 2. The first-order valence-electron chi connectivity index (χ1n) is 9.50. The number of benzene rings is 1. The van der Waals surface area contributed by atoms with E-state index < -0.39 is 5.41 Å². The van der Waals surface area contributed by atoms with Gasteiger partial charge in [0.15, 0.2) is 0 Å². The van der Waals surface area contributed by atoms with Crippen molar-refractivity contribution in [3.8, 4) is 0 Å². The number of para-hydroxylation sites is 2. The number of aromatic nitrogens is 2. The number of fused-ring (bicyclic) bond motifs is 1. The average Bonchev–Trinajstić information content (AvgIpc) is 3.09. The Morgan fingerprint density at radius 3 is 2.89 bits per heavy atom. The zero-order chi connectivity index (χ0) is 19.0. The van der Waals surface area contributed by atoms with Crippen LogP contribution in [-0.2, 0) is 16.0 Å². The molecule has 2 saturated heterocycles. The number of hydrogen-bond acceptors (Lipinski definition) is 4. The fourth-order valence-corrected chi connectivity index (χ4v) is 4.35. The van der Waals surface area contributed by atoms with Crippen LogP contribution in [0.5, 0.6) is 0 Å². The SMILES string of the molecule is CN1CCC[C@@]2(CCN(C(=O)CCc3nc4ccccc4[nH]c3=O)C2)C1=O. The van der Waals surface area contributed by atoms with E-state index in [2.05, 4.69) is 9.97 Å². The first-order chi connectivity index (χ1) is 13.0. The minimum Gasteiger partial charge on any atom is -0.345 e. The predicted octanol–water partition coefficient (Wildman–Crippen LogP) is 1.33. The van der Waals surface area contributed by atoms with Crippen molar-refractivity contribution in [3.63, 3.8) is 0 Å². The summed E-state index contributed by atoms with van der Waals surface area (Å²) < 4.78 is 0. The van der Waals surface area contributed by atoms with Crippen LogP contribution in [0.4, 0.5) is 0 Å². The third-order valence-corrected chi connectivity index (χ3v) is 5.90. The third kappa shape index (κ3) is 3.22. The summed E-state index contributed by atoms with van der Waals surface area (Å²) in [6.45, 7) is 1.90. The van der Waals surface area contributed by atoms with Crippen LogP contribution in [0.3, 0.4) is 0 Å². The molecule has 2 amide bonds. The number of likely N-dealkylation sites (tertiary alicyclic amines) is 2. The number of rotatable bonds is 3. The zero-order valence-electron chi connectivity index (χ0n) is 15.5. The van der Waals surface area contributed by atoms with Gasteiger partial charge in [-0.15, -0.1) is 0 Å². The molecule has 2 aliphatic rings. The molecule has 4 rings (SSSR count). The van der Waals surface area contributed by atoms with Gasteiger partial charge in [-0.3, -0.25) is 14.4 Å². The highest BCUT2D eigenvalue weighted by atomic mass is 16.2. The van der Waals surface area contributed by atoms with Crippen molar-refractivity contribution in [1.82, 2.24) is 19.8 Å². The van der Waals surface area contributed by atoms with Crippen LogP contribution in [0.15, 0.2) is 29.1 Å². The molecule has 2 aromatic rings. The van der Waals surface area contributed by atoms with Crippen molar-refractivity contribution in [2.24, 2.45) is 5.41 Å². The van der Waals surface area contributed by atoms with Gasteiger partial charge in [0.05, 0.1) is 16.4 Å². The van der Waals surface area contributed by atoms with Crippen LogP contribution < -0.4 is 5.56 Å². The van der Waals surface area contributed by atoms with Gasteiger partial charge in [0.2, 0.25) is 11.8 Å². The molecule has 7 heteroatoms. The molecule has 0 unspecified atom stereocenters. The number of nitrogens with one attached hydrogen (secondary N) is 1. The molecule has 1 spiro atoms. The smallest absolute Gasteiger partial charge is 0.270 e. The Balaban J connectivity index is 1.42. The molecule has 0 aliphatic carbocycles. The number of nitrogens with zero attached hydrogens (tertiary/aromatic N) is 3. The maximum atomic E-state index is 12.7. The van der Waals surface area contributed by atoms with E-state index in [1.54, 1.807) is 15.9 Å². The average molecular weight is 368 g/mol. The summed E-state index contributed by atoms with van der Waals surface area (Å²) in [6.07, 6.45) is 3.11. The van der Waals surface area contributed by atoms with Gasteiger partial charge in [-0.1, -0.05) is 12.1 Å². The largest absolute Gasteiger partial charge is 0.345 e. The summed E-state index contributed by atoms with van der Waals surface area (Å²) in [4.78, 5) is 48.3. The molecular weight excluding hydrogens is 344 g/mol. The van der Waals surface area contributed by atoms with Gasteiger partial charge in [-0.25, -0.2) is 4.98 Å². The Bertz CT molecular complexity index is 954. The summed E-state index contributed by atoms with van der Waals surface area (Å²) in [5.41, 5.74) is 1.14. The molecule has 2 fully saturated rings. The van der Waals surface area contributed by atoms with E-state index in [1.165, 1.54) is 0 Å². The van der Waals surface area contributed by atoms with Gasteiger partial charge in [0, 0.05) is 39.5 Å². The Morgan fingerprint density at radius 1 is 1.22 bits per heavy atom. The Labute approximate surface area is 157 Å². The molecule has 2 aliphatic heterocycles. The zero-order valence-corrected chi connectivity index (χ0v) is 15.5. The number of aromatic amines is 1. The van der Waals surface area contributed by atoms with Crippen molar-refractivity contribution in [3.05, 3.63) is 40.3 Å². The van der Waals surface area contributed by atoms with Crippen LogP contribution in [0, 0.1) is 5.41 Å². The minimum atomic E-state index is -0.401. The van der Waals surface area contributed by atoms with Crippen LogP contribution in [0.1, 0.15) is 31.4 Å². The molecule has 1 N–H and O–H groups in total. The van der Waals surface area contributed by atoms with Crippen molar-refractivity contribution >= 4 is 22.8 Å². The lowest BCUT2D eigenvalue weighted by molar-refractivity contribution is -0.144.